The molecule has 0 saturated carbocycles. The summed E-state index contributed by atoms with van der Waals surface area (Å²) in [6, 6.07) is 6.85. The minimum absolute atomic E-state index is 0.380. The second-order valence-corrected chi connectivity index (χ2v) is 4.15. The van der Waals surface area contributed by atoms with Crippen LogP contribution in [0.1, 0.15) is 29.8 Å². The highest BCUT2D eigenvalue weighted by Crippen LogP contribution is 2.28. The number of carbonyl (C=O) groups excluding carboxylic acids is 2. The average Bonchev–Trinajstić information content (AvgIpc) is 2.36. The van der Waals surface area contributed by atoms with Crippen LogP contribution in [-0.4, -0.2) is 26.2 Å². The van der Waals surface area contributed by atoms with Gasteiger partial charge in [-0.2, -0.15) is 0 Å². The Hall–Kier alpha value is -1.84. The summed E-state index contributed by atoms with van der Waals surface area (Å²) < 4.78 is 9.44. The van der Waals surface area contributed by atoms with Gasteiger partial charge in [0, 0.05) is 0 Å². The van der Waals surface area contributed by atoms with Gasteiger partial charge < -0.3 is 9.47 Å². The summed E-state index contributed by atoms with van der Waals surface area (Å²) in [6.45, 7) is 3.42. The van der Waals surface area contributed by atoms with Crippen LogP contribution in [0.4, 0.5) is 0 Å². The summed E-state index contributed by atoms with van der Waals surface area (Å²) in [6.07, 6.45) is 0. The average molecular weight is 236 g/mol. The fourth-order valence-electron chi connectivity index (χ4n) is 1.68. The molecule has 17 heavy (non-hydrogen) atoms. The molecule has 0 aliphatic rings. The number of benzene rings is 1. The summed E-state index contributed by atoms with van der Waals surface area (Å²) in [7, 11) is 2.63. The topological polar surface area (TPSA) is 52.6 Å². The van der Waals surface area contributed by atoms with E-state index in [-0.39, 0.29) is 0 Å². The van der Waals surface area contributed by atoms with E-state index in [9.17, 15) is 9.59 Å². The highest BCUT2D eigenvalue weighted by atomic mass is 16.5. The Balaban J connectivity index is 3.31. The maximum atomic E-state index is 11.7. The fourth-order valence-corrected chi connectivity index (χ4v) is 1.68. The first kappa shape index (κ1) is 13.2. The summed E-state index contributed by atoms with van der Waals surface area (Å²) >= 11 is 0. The first-order valence-electron chi connectivity index (χ1n) is 5.21. The number of methoxy groups -OCH3 is 2. The summed E-state index contributed by atoms with van der Waals surface area (Å²) in [5.41, 5.74) is 0.0867. The molecule has 0 N–H and O–H groups in total. The number of hydrogen-bond acceptors (Lipinski definition) is 4. The van der Waals surface area contributed by atoms with Gasteiger partial charge in [0.2, 0.25) is 0 Å². The second kappa shape index (κ2) is 4.99. The zero-order chi connectivity index (χ0) is 13.1. The third-order valence-corrected chi connectivity index (χ3v) is 2.70. The smallest absolute Gasteiger partial charge is 0.338 e. The van der Waals surface area contributed by atoms with Crippen molar-refractivity contribution in [3.05, 3.63) is 35.4 Å². The standard InChI is InChI=1S/C13H16O4/c1-13(2,12(15)17-4)10-8-6-5-7-9(10)11(14)16-3/h5-8H,1-4H3. The first-order valence-corrected chi connectivity index (χ1v) is 5.21. The molecule has 0 aromatic heterocycles. The molecule has 92 valence electrons. The molecule has 0 spiro atoms. The molecule has 0 unspecified atom stereocenters. The number of ether oxygens (including phenoxy) is 2. The van der Waals surface area contributed by atoms with E-state index in [4.69, 9.17) is 9.47 Å². The van der Waals surface area contributed by atoms with Gasteiger partial charge in [-0.3, -0.25) is 4.79 Å². The van der Waals surface area contributed by atoms with E-state index in [1.807, 2.05) is 0 Å². The van der Waals surface area contributed by atoms with E-state index in [1.54, 1.807) is 38.1 Å². The van der Waals surface area contributed by atoms with Crippen LogP contribution in [0.3, 0.4) is 0 Å². The maximum Gasteiger partial charge on any atom is 0.338 e. The van der Waals surface area contributed by atoms with Crippen LogP contribution in [0.25, 0.3) is 0 Å². The number of esters is 2. The van der Waals surface area contributed by atoms with Crippen molar-refractivity contribution in [1.82, 2.24) is 0 Å². The monoisotopic (exact) mass is 236 g/mol. The van der Waals surface area contributed by atoms with Crippen molar-refractivity contribution in [2.45, 2.75) is 19.3 Å². The molecule has 0 heterocycles. The third kappa shape index (κ3) is 2.46. The quantitative estimate of drug-likeness (QED) is 0.752. The zero-order valence-electron chi connectivity index (χ0n) is 10.4. The normalized spacial score (nSPS) is 10.8. The van der Waals surface area contributed by atoms with Crippen molar-refractivity contribution in [3.63, 3.8) is 0 Å². The van der Waals surface area contributed by atoms with Crippen LogP contribution in [0.2, 0.25) is 0 Å². The SMILES string of the molecule is COC(=O)c1ccccc1C(C)(C)C(=O)OC. The van der Waals surface area contributed by atoms with Crippen LogP contribution in [0.15, 0.2) is 24.3 Å². The van der Waals surface area contributed by atoms with E-state index < -0.39 is 17.4 Å². The molecule has 0 atom stereocenters. The van der Waals surface area contributed by atoms with Gasteiger partial charge in [-0.15, -0.1) is 0 Å². The molecule has 0 amide bonds. The maximum absolute atomic E-state index is 11.7. The molecule has 0 saturated heterocycles. The molecule has 1 aromatic carbocycles. The van der Waals surface area contributed by atoms with Gasteiger partial charge in [0.05, 0.1) is 25.2 Å². The Morgan fingerprint density at radius 1 is 1.06 bits per heavy atom. The van der Waals surface area contributed by atoms with Crippen LogP contribution in [0.5, 0.6) is 0 Å². The van der Waals surface area contributed by atoms with E-state index >= 15 is 0 Å². The van der Waals surface area contributed by atoms with Crippen molar-refractivity contribution in [1.29, 1.82) is 0 Å². The van der Waals surface area contributed by atoms with Crippen molar-refractivity contribution in [2.24, 2.45) is 0 Å². The van der Waals surface area contributed by atoms with Gasteiger partial charge in [-0.05, 0) is 25.5 Å². The summed E-state index contributed by atoms with van der Waals surface area (Å²) in [5.74, 6) is -0.855. The molecular weight excluding hydrogens is 220 g/mol. The van der Waals surface area contributed by atoms with E-state index in [2.05, 4.69) is 0 Å². The van der Waals surface area contributed by atoms with Gasteiger partial charge in [-0.25, -0.2) is 4.79 Å². The highest BCUT2D eigenvalue weighted by Gasteiger charge is 2.34. The lowest BCUT2D eigenvalue weighted by Gasteiger charge is -2.23. The van der Waals surface area contributed by atoms with Crippen LogP contribution < -0.4 is 0 Å². The van der Waals surface area contributed by atoms with Crippen molar-refractivity contribution < 1.29 is 19.1 Å². The molecular formula is C13H16O4. The second-order valence-electron chi connectivity index (χ2n) is 4.15. The molecule has 0 bridgehead atoms. The van der Waals surface area contributed by atoms with Crippen LogP contribution in [0, 0.1) is 0 Å². The molecule has 0 aliphatic heterocycles. The van der Waals surface area contributed by atoms with E-state index in [0.717, 1.165) is 0 Å². The molecule has 4 nitrogen and oxygen atoms in total. The minimum Gasteiger partial charge on any atom is -0.468 e. The van der Waals surface area contributed by atoms with Gasteiger partial charge in [0.1, 0.15) is 0 Å². The van der Waals surface area contributed by atoms with Crippen molar-refractivity contribution >= 4 is 11.9 Å². The highest BCUT2D eigenvalue weighted by molar-refractivity contribution is 5.94. The Morgan fingerprint density at radius 2 is 1.65 bits per heavy atom. The Morgan fingerprint density at radius 3 is 2.18 bits per heavy atom. The number of hydrogen-bond donors (Lipinski definition) is 0. The Kier molecular flexibility index (Phi) is 3.89. The van der Waals surface area contributed by atoms with Gasteiger partial charge >= 0.3 is 11.9 Å². The number of rotatable bonds is 3. The van der Waals surface area contributed by atoms with Crippen LogP contribution >= 0.6 is 0 Å². The van der Waals surface area contributed by atoms with Gasteiger partial charge in [0.25, 0.3) is 0 Å². The Labute approximate surface area is 101 Å². The van der Waals surface area contributed by atoms with Gasteiger partial charge in [-0.1, -0.05) is 18.2 Å². The molecule has 1 rings (SSSR count). The molecule has 0 radical (unpaired) electrons. The lowest BCUT2D eigenvalue weighted by molar-refractivity contribution is -0.146. The van der Waals surface area contributed by atoms with Crippen LogP contribution in [-0.2, 0) is 19.7 Å². The molecule has 0 aliphatic carbocycles. The molecule has 4 heteroatoms. The minimum atomic E-state index is -0.889. The molecule has 1 aromatic rings. The zero-order valence-corrected chi connectivity index (χ0v) is 10.4. The van der Waals surface area contributed by atoms with E-state index in [0.29, 0.717) is 11.1 Å². The largest absolute Gasteiger partial charge is 0.468 e. The summed E-state index contributed by atoms with van der Waals surface area (Å²) in [4.78, 5) is 23.3. The van der Waals surface area contributed by atoms with Crippen molar-refractivity contribution in [3.8, 4) is 0 Å². The Bertz CT molecular complexity index is 435. The molecule has 0 fully saturated rings. The summed E-state index contributed by atoms with van der Waals surface area (Å²) in [5, 5.41) is 0. The van der Waals surface area contributed by atoms with Gasteiger partial charge in [0.15, 0.2) is 0 Å². The first-order chi connectivity index (χ1) is 7.95. The predicted molar refractivity (Wildman–Crippen MR) is 62.8 cm³/mol. The van der Waals surface area contributed by atoms with E-state index in [1.165, 1.54) is 14.2 Å². The lowest BCUT2D eigenvalue weighted by Crippen LogP contribution is -2.32. The fraction of sp³-hybridized carbons (Fsp3) is 0.385. The predicted octanol–water partition coefficient (Wildman–Crippen LogP) is 1.92. The van der Waals surface area contributed by atoms with Crippen molar-refractivity contribution in [2.75, 3.05) is 14.2 Å². The lowest BCUT2D eigenvalue weighted by atomic mass is 9.82. The number of carbonyl (C=O) groups is 2. The third-order valence-electron chi connectivity index (χ3n) is 2.70.